The lowest BCUT2D eigenvalue weighted by Gasteiger charge is -2.15. The zero-order valence-corrected chi connectivity index (χ0v) is 9.10. The maximum atomic E-state index is 11.3. The van der Waals surface area contributed by atoms with Crippen LogP contribution in [0.2, 0.25) is 0 Å². The average molecular weight is 204 g/mol. The van der Waals surface area contributed by atoms with Crippen molar-refractivity contribution in [3.05, 3.63) is 0 Å². The molecule has 0 radical (unpaired) electrons. The van der Waals surface area contributed by atoms with Gasteiger partial charge in [0.15, 0.2) is 0 Å². The van der Waals surface area contributed by atoms with Gasteiger partial charge in [-0.15, -0.1) is 11.6 Å². The second-order valence-corrected chi connectivity index (χ2v) is 4.67. The third-order valence-corrected chi connectivity index (χ3v) is 3.20. The zero-order valence-electron chi connectivity index (χ0n) is 8.35. The molecule has 0 aromatic heterocycles. The number of amides is 1. The molecule has 13 heavy (non-hydrogen) atoms. The van der Waals surface area contributed by atoms with Gasteiger partial charge in [0.05, 0.1) is 0 Å². The summed E-state index contributed by atoms with van der Waals surface area (Å²) in [6.45, 7) is 4.56. The molecule has 76 valence electrons. The standard InChI is InChI=1S/C10H18ClNO/c1-7(2)10(13)12-6-8-4-3-5-9(8)11/h7-9H,3-6H2,1-2H3,(H,12,13). The Morgan fingerprint density at radius 2 is 2.23 bits per heavy atom. The van der Waals surface area contributed by atoms with E-state index in [1.165, 1.54) is 6.42 Å². The topological polar surface area (TPSA) is 29.1 Å². The predicted octanol–water partition coefficient (Wildman–Crippen LogP) is 2.17. The molecular formula is C10H18ClNO. The van der Waals surface area contributed by atoms with Crippen LogP contribution >= 0.6 is 11.6 Å². The van der Waals surface area contributed by atoms with Crippen molar-refractivity contribution in [1.29, 1.82) is 0 Å². The molecule has 0 aromatic carbocycles. The minimum absolute atomic E-state index is 0.0789. The molecule has 0 aromatic rings. The van der Waals surface area contributed by atoms with Crippen molar-refractivity contribution in [2.24, 2.45) is 11.8 Å². The Kier molecular flexibility index (Phi) is 4.04. The normalized spacial score (nSPS) is 28.0. The van der Waals surface area contributed by atoms with E-state index in [0.717, 1.165) is 19.4 Å². The first kappa shape index (κ1) is 10.8. The van der Waals surface area contributed by atoms with Crippen molar-refractivity contribution in [1.82, 2.24) is 5.32 Å². The van der Waals surface area contributed by atoms with E-state index in [4.69, 9.17) is 11.6 Å². The molecule has 0 aliphatic heterocycles. The summed E-state index contributed by atoms with van der Waals surface area (Å²) in [5.74, 6) is 0.704. The lowest BCUT2D eigenvalue weighted by molar-refractivity contribution is -0.124. The van der Waals surface area contributed by atoms with Crippen molar-refractivity contribution < 1.29 is 4.79 Å². The molecular weight excluding hydrogens is 186 g/mol. The lowest BCUT2D eigenvalue weighted by atomic mass is 10.1. The Morgan fingerprint density at radius 1 is 1.54 bits per heavy atom. The summed E-state index contributed by atoms with van der Waals surface area (Å²) in [7, 11) is 0. The number of halogens is 1. The van der Waals surface area contributed by atoms with E-state index in [1.54, 1.807) is 0 Å². The van der Waals surface area contributed by atoms with Crippen LogP contribution in [-0.4, -0.2) is 17.8 Å². The van der Waals surface area contributed by atoms with Crippen molar-refractivity contribution in [3.8, 4) is 0 Å². The first-order valence-electron chi connectivity index (χ1n) is 5.03. The van der Waals surface area contributed by atoms with Crippen molar-refractivity contribution in [3.63, 3.8) is 0 Å². The first-order chi connectivity index (χ1) is 6.11. The molecule has 1 aliphatic rings. The Labute approximate surface area is 85.0 Å². The Morgan fingerprint density at radius 3 is 2.69 bits per heavy atom. The van der Waals surface area contributed by atoms with E-state index in [9.17, 15) is 4.79 Å². The fraction of sp³-hybridized carbons (Fsp3) is 0.900. The van der Waals surface area contributed by atoms with Crippen LogP contribution in [0.15, 0.2) is 0 Å². The highest BCUT2D eigenvalue weighted by molar-refractivity contribution is 6.20. The van der Waals surface area contributed by atoms with E-state index < -0.39 is 0 Å². The van der Waals surface area contributed by atoms with Gasteiger partial charge in [0.25, 0.3) is 0 Å². The van der Waals surface area contributed by atoms with Gasteiger partial charge in [-0.1, -0.05) is 20.3 Å². The highest BCUT2D eigenvalue weighted by Crippen LogP contribution is 2.29. The summed E-state index contributed by atoms with van der Waals surface area (Å²) >= 11 is 6.09. The van der Waals surface area contributed by atoms with E-state index in [0.29, 0.717) is 5.92 Å². The van der Waals surface area contributed by atoms with Gasteiger partial charge in [-0.25, -0.2) is 0 Å². The molecule has 2 nitrogen and oxygen atoms in total. The molecule has 2 unspecified atom stereocenters. The molecule has 0 spiro atoms. The van der Waals surface area contributed by atoms with E-state index in [1.807, 2.05) is 13.8 Å². The number of alkyl halides is 1. The van der Waals surface area contributed by atoms with Gasteiger partial charge in [0.2, 0.25) is 5.91 Å². The quantitative estimate of drug-likeness (QED) is 0.700. The Bertz CT molecular complexity index is 182. The molecule has 1 amide bonds. The van der Waals surface area contributed by atoms with Crippen molar-refractivity contribution >= 4 is 17.5 Å². The molecule has 1 rings (SSSR count). The number of carbonyl (C=O) groups is 1. The fourth-order valence-electron chi connectivity index (χ4n) is 1.66. The lowest BCUT2D eigenvalue weighted by Crippen LogP contribution is -2.33. The SMILES string of the molecule is CC(C)C(=O)NCC1CCCC1Cl. The zero-order chi connectivity index (χ0) is 9.84. The summed E-state index contributed by atoms with van der Waals surface area (Å²) in [6, 6.07) is 0. The average Bonchev–Trinajstić information content (AvgIpc) is 2.47. The van der Waals surface area contributed by atoms with Crippen molar-refractivity contribution in [2.75, 3.05) is 6.54 Å². The molecule has 1 N–H and O–H groups in total. The smallest absolute Gasteiger partial charge is 0.222 e. The second-order valence-electron chi connectivity index (χ2n) is 4.11. The maximum Gasteiger partial charge on any atom is 0.222 e. The predicted molar refractivity (Wildman–Crippen MR) is 54.8 cm³/mol. The van der Waals surface area contributed by atoms with Crippen LogP contribution in [0.3, 0.4) is 0 Å². The van der Waals surface area contributed by atoms with Crippen LogP contribution in [0, 0.1) is 11.8 Å². The molecule has 1 saturated carbocycles. The fourth-order valence-corrected chi connectivity index (χ4v) is 2.03. The first-order valence-corrected chi connectivity index (χ1v) is 5.46. The molecule has 1 fully saturated rings. The van der Waals surface area contributed by atoms with Crippen LogP contribution in [0.4, 0.5) is 0 Å². The summed E-state index contributed by atoms with van der Waals surface area (Å²) < 4.78 is 0. The number of carbonyl (C=O) groups excluding carboxylic acids is 1. The molecule has 0 saturated heterocycles. The minimum Gasteiger partial charge on any atom is -0.356 e. The van der Waals surface area contributed by atoms with Crippen LogP contribution < -0.4 is 5.32 Å². The highest BCUT2D eigenvalue weighted by Gasteiger charge is 2.25. The summed E-state index contributed by atoms with van der Waals surface area (Å²) in [6.07, 6.45) is 3.46. The van der Waals surface area contributed by atoms with Gasteiger partial charge in [-0.05, 0) is 18.8 Å². The number of rotatable bonds is 3. The maximum absolute atomic E-state index is 11.3. The number of hydrogen-bond donors (Lipinski definition) is 1. The molecule has 2 atom stereocenters. The van der Waals surface area contributed by atoms with Crippen LogP contribution in [0.1, 0.15) is 33.1 Å². The van der Waals surface area contributed by atoms with E-state index in [2.05, 4.69) is 5.32 Å². The number of nitrogens with one attached hydrogen (secondary N) is 1. The number of hydrogen-bond acceptors (Lipinski definition) is 1. The molecule has 0 heterocycles. The van der Waals surface area contributed by atoms with E-state index in [-0.39, 0.29) is 17.2 Å². The third kappa shape index (κ3) is 3.18. The third-order valence-electron chi connectivity index (χ3n) is 2.63. The van der Waals surface area contributed by atoms with Gasteiger partial charge in [-0.2, -0.15) is 0 Å². The van der Waals surface area contributed by atoms with Gasteiger partial charge in [0, 0.05) is 17.8 Å². The van der Waals surface area contributed by atoms with Gasteiger partial charge >= 0.3 is 0 Å². The molecule has 1 aliphatic carbocycles. The van der Waals surface area contributed by atoms with Gasteiger partial charge < -0.3 is 5.32 Å². The largest absolute Gasteiger partial charge is 0.356 e. The molecule has 3 heteroatoms. The molecule has 0 bridgehead atoms. The van der Waals surface area contributed by atoms with E-state index >= 15 is 0 Å². The van der Waals surface area contributed by atoms with Gasteiger partial charge in [0.1, 0.15) is 0 Å². The van der Waals surface area contributed by atoms with Crippen LogP contribution in [0.25, 0.3) is 0 Å². The summed E-state index contributed by atoms with van der Waals surface area (Å²) in [5, 5.41) is 3.20. The van der Waals surface area contributed by atoms with Gasteiger partial charge in [-0.3, -0.25) is 4.79 Å². The monoisotopic (exact) mass is 203 g/mol. The summed E-state index contributed by atoms with van der Waals surface area (Å²) in [5.41, 5.74) is 0. The van der Waals surface area contributed by atoms with Crippen LogP contribution in [-0.2, 0) is 4.79 Å². The minimum atomic E-state index is 0.0789. The Hall–Kier alpha value is -0.240. The van der Waals surface area contributed by atoms with Crippen LogP contribution in [0.5, 0.6) is 0 Å². The summed E-state index contributed by atoms with van der Waals surface area (Å²) in [4.78, 5) is 11.3. The Balaban J connectivity index is 2.22. The second kappa shape index (κ2) is 4.85. The highest BCUT2D eigenvalue weighted by atomic mass is 35.5. The van der Waals surface area contributed by atoms with Crippen molar-refractivity contribution in [2.45, 2.75) is 38.5 Å².